The van der Waals surface area contributed by atoms with Crippen molar-refractivity contribution in [3.8, 4) is 0 Å². The number of hydrogen-bond donors (Lipinski definition) is 0. The standard InChI is InChI=1S/C14H18O2/c1-5-10(3)14(16)13-8-9(2)6-7-12(13)11(4)15/h6-8,10H,5H2,1-4H3/t10-/m1/s1. The van der Waals surface area contributed by atoms with E-state index in [9.17, 15) is 9.59 Å². The van der Waals surface area contributed by atoms with Crippen LogP contribution in [0.4, 0.5) is 0 Å². The normalized spacial score (nSPS) is 12.2. The van der Waals surface area contributed by atoms with E-state index in [4.69, 9.17) is 0 Å². The van der Waals surface area contributed by atoms with Gasteiger partial charge >= 0.3 is 0 Å². The van der Waals surface area contributed by atoms with Gasteiger partial charge in [0.15, 0.2) is 11.6 Å². The summed E-state index contributed by atoms with van der Waals surface area (Å²) in [4.78, 5) is 23.5. The molecule has 0 spiro atoms. The van der Waals surface area contributed by atoms with Gasteiger partial charge in [-0.25, -0.2) is 0 Å². The third kappa shape index (κ3) is 2.57. The minimum Gasteiger partial charge on any atom is -0.294 e. The van der Waals surface area contributed by atoms with Gasteiger partial charge in [-0.1, -0.05) is 31.5 Å². The number of ketones is 2. The number of hydrogen-bond acceptors (Lipinski definition) is 2. The van der Waals surface area contributed by atoms with Gasteiger partial charge in [-0.3, -0.25) is 9.59 Å². The molecule has 2 nitrogen and oxygen atoms in total. The first-order valence-electron chi connectivity index (χ1n) is 5.63. The van der Waals surface area contributed by atoms with Crippen molar-refractivity contribution in [3.63, 3.8) is 0 Å². The summed E-state index contributed by atoms with van der Waals surface area (Å²) in [6.45, 7) is 7.30. The minimum atomic E-state index is -0.0494. The Morgan fingerprint density at radius 1 is 1.25 bits per heavy atom. The minimum absolute atomic E-state index is 0.0279. The molecule has 0 fully saturated rings. The van der Waals surface area contributed by atoms with Crippen LogP contribution in [0.5, 0.6) is 0 Å². The third-order valence-corrected chi connectivity index (χ3v) is 2.88. The number of rotatable bonds is 4. The average molecular weight is 218 g/mol. The smallest absolute Gasteiger partial charge is 0.166 e. The maximum Gasteiger partial charge on any atom is 0.166 e. The van der Waals surface area contributed by atoms with Crippen molar-refractivity contribution in [2.24, 2.45) is 5.92 Å². The predicted molar refractivity (Wildman–Crippen MR) is 65.0 cm³/mol. The Balaban J connectivity index is 3.24. The Morgan fingerprint density at radius 2 is 1.88 bits per heavy atom. The van der Waals surface area contributed by atoms with Gasteiger partial charge in [-0.05, 0) is 26.3 Å². The number of Topliss-reactive ketones (excluding diaryl/α,β-unsaturated/α-hetero) is 2. The molecule has 0 aliphatic carbocycles. The summed E-state index contributed by atoms with van der Waals surface area (Å²) in [5.74, 6) is -0.0112. The lowest BCUT2D eigenvalue weighted by atomic mass is 9.91. The zero-order valence-electron chi connectivity index (χ0n) is 10.3. The predicted octanol–water partition coefficient (Wildman–Crippen LogP) is 3.43. The Hall–Kier alpha value is -1.44. The van der Waals surface area contributed by atoms with Crippen molar-refractivity contribution in [2.75, 3.05) is 0 Å². The fourth-order valence-electron chi connectivity index (χ4n) is 1.62. The van der Waals surface area contributed by atoms with E-state index in [0.29, 0.717) is 11.1 Å². The summed E-state index contributed by atoms with van der Waals surface area (Å²) in [5, 5.41) is 0. The lowest BCUT2D eigenvalue weighted by Crippen LogP contribution is -2.14. The van der Waals surface area contributed by atoms with Crippen LogP contribution in [0.15, 0.2) is 18.2 Å². The molecule has 0 saturated carbocycles. The molecule has 86 valence electrons. The highest BCUT2D eigenvalue weighted by Crippen LogP contribution is 2.18. The van der Waals surface area contributed by atoms with Gasteiger partial charge in [0.05, 0.1) is 0 Å². The van der Waals surface area contributed by atoms with Crippen LogP contribution < -0.4 is 0 Å². The van der Waals surface area contributed by atoms with Gasteiger partial charge in [0.25, 0.3) is 0 Å². The lowest BCUT2D eigenvalue weighted by molar-refractivity contribution is 0.0916. The highest BCUT2D eigenvalue weighted by atomic mass is 16.1. The molecule has 0 N–H and O–H groups in total. The van der Waals surface area contributed by atoms with E-state index in [1.807, 2.05) is 32.9 Å². The SMILES string of the molecule is CC[C@@H](C)C(=O)c1cc(C)ccc1C(C)=O. The second-order valence-electron chi connectivity index (χ2n) is 4.28. The molecule has 0 bridgehead atoms. The van der Waals surface area contributed by atoms with Crippen LogP contribution in [-0.4, -0.2) is 11.6 Å². The fraction of sp³-hybridized carbons (Fsp3) is 0.429. The molecule has 0 aromatic heterocycles. The van der Waals surface area contributed by atoms with Crippen molar-refractivity contribution in [1.29, 1.82) is 0 Å². The molecule has 1 aromatic carbocycles. The molecule has 0 aliphatic heterocycles. The Kier molecular flexibility index (Phi) is 3.99. The van der Waals surface area contributed by atoms with Gasteiger partial charge in [0.2, 0.25) is 0 Å². The van der Waals surface area contributed by atoms with E-state index >= 15 is 0 Å². The van der Waals surface area contributed by atoms with E-state index < -0.39 is 0 Å². The quantitative estimate of drug-likeness (QED) is 0.725. The largest absolute Gasteiger partial charge is 0.294 e. The summed E-state index contributed by atoms with van der Waals surface area (Å²) in [7, 11) is 0. The van der Waals surface area contributed by atoms with Crippen molar-refractivity contribution in [1.82, 2.24) is 0 Å². The molecule has 0 unspecified atom stereocenters. The second-order valence-corrected chi connectivity index (χ2v) is 4.28. The summed E-state index contributed by atoms with van der Waals surface area (Å²) in [6.07, 6.45) is 0.796. The zero-order chi connectivity index (χ0) is 12.3. The van der Waals surface area contributed by atoms with Crippen molar-refractivity contribution in [3.05, 3.63) is 34.9 Å². The molecular weight excluding hydrogens is 200 g/mol. The monoisotopic (exact) mass is 218 g/mol. The third-order valence-electron chi connectivity index (χ3n) is 2.88. The van der Waals surface area contributed by atoms with Crippen molar-refractivity contribution >= 4 is 11.6 Å². The van der Waals surface area contributed by atoms with Crippen LogP contribution >= 0.6 is 0 Å². The van der Waals surface area contributed by atoms with E-state index in [-0.39, 0.29) is 17.5 Å². The highest BCUT2D eigenvalue weighted by molar-refractivity contribution is 6.08. The van der Waals surface area contributed by atoms with Gasteiger partial charge in [0, 0.05) is 17.0 Å². The van der Waals surface area contributed by atoms with E-state index in [0.717, 1.165) is 12.0 Å². The molecule has 1 rings (SSSR count). The second kappa shape index (κ2) is 5.06. The first-order chi connectivity index (χ1) is 7.47. The summed E-state index contributed by atoms with van der Waals surface area (Å²) in [5.41, 5.74) is 2.12. The number of benzene rings is 1. The van der Waals surface area contributed by atoms with Crippen molar-refractivity contribution < 1.29 is 9.59 Å². The fourth-order valence-corrected chi connectivity index (χ4v) is 1.62. The average Bonchev–Trinajstić information content (AvgIpc) is 2.26. The Labute approximate surface area is 96.7 Å². The molecule has 2 heteroatoms. The first kappa shape index (κ1) is 12.6. The zero-order valence-corrected chi connectivity index (χ0v) is 10.3. The number of carbonyl (C=O) groups excluding carboxylic acids is 2. The number of carbonyl (C=O) groups is 2. The van der Waals surface area contributed by atoms with Crippen LogP contribution in [0.1, 0.15) is 53.5 Å². The summed E-state index contributed by atoms with van der Waals surface area (Å²) >= 11 is 0. The molecule has 1 aromatic rings. The molecular formula is C14H18O2. The van der Waals surface area contributed by atoms with Crippen LogP contribution in [0.2, 0.25) is 0 Å². The highest BCUT2D eigenvalue weighted by Gasteiger charge is 2.18. The van der Waals surface area contributed by atoms with Crippen molar-refractivity contribution in [2.45, 2.75) is 34.1 Å². The lowest BCUT2D eigenvalue weighted by Gasteiger charge is -2.11. The maximum atomic E-state index is 12.1. The Bertz CT molecular complexity index is 419. The molecule has 0 aliphatic rings. The van der Waals surface area contributed by atoms with Gasteiger partial charge < -0.3 is 0 Å². The van der Waals surface area contributed by atoms with Crippen LogP contribution in [0.3, 0.4) is 0 Å². The summed E-state index contributed by atoms with van der Waals surface area (Å²) < 4.78 is 0. The Morgan fingerprint density at radius 3 is 2.38 bits per heavy atom. The molecule has 0 heterocycles. The molecule has 1 atom stereocenters. The maximum absolute atomic E-state index is 12.1. The van der Waals surface area contributed by atoms with E-state index in [1.165, 1.54) is 6.92 Å². The van der Waals surface area contributed by atoms with Gasteiger partial charge in [-0.15, -0.1) is 0 Å². The van der Waals surface area contributed by atoms with Gasteiger partial charge in [-0.2, -0.15) is 0 Å². The number of aryl methyl sites for hydroxylation is 1. The van der Waals surface area contributed by atoms with E-state index in [2.05, 4.69) is 0 Å². The summed E-state index contributed by atoms with van der Waals surface area (Å²) in [6, 6.07) is 5.42. The van der Waals surface area contributed by atoms with E-state index in [1.54, 1.807) is 6.07 Å². The molecule has 0 radical (unpaired) electrons. The molecule has 0 saturated heterocycles. The van der Waals surface area contributed by atoms with Crippen LogP contribution in [0, 0.1) is 12.8 Å². The topological polar surface area (TPSA) is 34.1 Å². The van der Waals surface area contributed by atoms with Crippen LogP contribution in [0.25, 0.3) is 0 Å². The first-order valence-corrected chi connectivity index (χ1v) is 5.63. The van der Waals surface area contributed by atoms with Crippen LogP contribution in [-0.2, 0) is 0 Å². The van der Waals surface area contributed by atoms with Gasteiger partial charge in [0.1, 0.15) is 0 Å². The molecule has 0 amide bonds. The molecule has 16 heavy (non-hydrogen) atoms.